The van der Waals surface area contributed by atoms with Crippen LogP contribution in [0.4, 0.5) is 5.69 Å². The highest BCUT2D eigenvalue weighted by molar-refractivity contribution is 6.10. The molecule has 0 spiro atoms. The van der Waals surface area contributed by atoms with Crippen LogP contribution >= 0.6 is 0 Å². The number of nitrogens with zero attached hydrogens (tertiary/aromatic N) is 2. The fourth-order valence-corrected chi connectivity index (χ4v) is 5.04. The molecule has 39 heavy (non-hydrogen) atoms. The molecule has 0 saturated carbocycles. The molecule has 1 unspecified atom stereocenters. The maximum atomic E-state index is 13.3. The third-order valence-corrected chi connectivity index (χ3v) is 6.94. The summed E-state index contributed by atoms with van der Waals surface area (Å²) < 4.78 is 13.8. The number of amides is 1. The van der Waals surface area contributed by atoms with Gasteiger partial charge in [-0.3, -0.25) is 4.79 Å². The Morgan fingerprint density at radius 3 is 2.46 bits per heavy atom. The molecule has 0 aliphatic rings. The van der Waals surface area contributed by atoms with Crippen molar-refractivity contribution >= 4 is 50.5 Å². The minimum absolute atomic E-state index is 0.282. The van der Waals surface area contributed by atoms with Gasteiger partial charge in [0, 0.05) is 34.0 Å². The van der Waals surface area contributed by atoms with E-state index in [1.165, 1.54) is 0 Å². The molecule has 1 amide bonds. The van der Waals surface area contributed by atoms with Crippen molar-refractivity contribution in [3.63, 3.8) is 0 Å². The van der Waals surface area contributed by atoms with Crippen molar-refractivity contribution in [1.29, 1.82) is 0 Å². The number of anilines is 1. The maximum absolute atomic E-state index is 13.3. The summed E-state index contributed by atoms with van der Waals surface area (Å²) in [6.07, 6.45) is -0.651. The number of carbonyl (C=O) groups excluding carboxylic acids is 2. The van der Waals surface area contributed by atoms with E-state index in [2.05, 4.69) is 33.9 Å². The molecule has 194 valence electrons. The highest BCUT2D eigenvalue weighted by Crippen LogP contribution is 2.31. The fraction of sp³-hybridized carbons (Fsp3) is 0.156. The lowest BCUT2D eigenvalue weighted by Gasteiger charge is -2.17. The number of ether oxygens (including phenoxy) is 1. The average molecular weight is 518 g/mol. The molecule has 2 heterocycles. The predicted octanol–water partition coefficient (Wildman–Crippen LogP) is 7.20. The lowest BCUT2D eigenvalue weighted by atomic mass is 10.1. The van der Waals surface area contributed by atoms with E-state index in [1.807, 2.05) is 61.5 Å². The zero-order valence-electron chi connectivity index (χ0n) is 21.7. The number of oxazole rings is 1. The Kier molecular flexibility index (Phi) is 6.32. The highest BCUT2D eigenvalue weighted by Gasteiger charge is 2.25. The first-order valence-electron chi connectivity index (χ1n) is 13.0. The molecule has 1 N–H and O–H groups in total. The van der Waals surface area contributed by atoms with Crippen LogP contribution in [0.15, 0.2) is 95.4 Å². The van der Waals surface area contributed by atoms with Gasteiger partial charge in [-0.05, 0) is 61.9 Å². The van der Waals surface area contributed by atoms with Crippen LogP contribution in [0.3, 0.4) is 0 Å². The van der Waals surface area contributed by atoms with Gasteiger partial charge in [0.2, 0.25) is 5.89 Å². The lowest BCUT2D eigenvalue weighted by Crippen LogP contribution is -2.32. The summed E-state index contributed by atoms with van der Waals surface area (Å²) in [4.78, 5) is 31.0. The number of hydrogen-bond donors (Lipinski definition) is 1. The van der Waals surface area contributed by atoms with Crippen molar-refractivity contribution in [3.05, 3.63) is 96.6 Å². The van der Waals surface area contributed by atoms with E-state index in [-0.39, 0.29) is 11.5 Å². The number of benzene rings is 4. The van der Waals surface area contributed by atoms with Crippen LogP contribution in [0.1, 0.15) is 30.6 Å². The third-order valence-electron chi connectivity index (χ3n) is 6.94. The number of hydrogen-bond acceptors (Lipinski definition) is 5. The molecule has 0 fully saturated rings. The van der Waals surface area contributed by atoms with Gasteiger partial charge in [-0.15, -0.1) is 0 Å². The van der Waals surface area contributed by atoms with Gasteiger partial charge in [0.25, 0.3) is 5.91 Å². The van der Waals surface area contributed by atoms with Crippen molar-refractivity contribution in [2.45, 2.75) is 32.9 Å². The minimum atomic E-state index is -0.970. The van der Waals surface area contributed by atoms with E-state index in [1.54, 1.807) is 24.3 Å². The first-order valence-corrected chi connectivity index (χ1v) is 13.0. The van der Waals surface area contributed by atoms with Crippen molar-refractivity contribution < 1.29 is 18.7 Å². The molecular formula is C32H27N3O4. The summed E-state index contributed by atoms with van der Waals surface area (Å²) in [5, 5.41) is 5.12. The highest BCUT2D eigenvalue weighted by atomic mass is 16.5. The molecule has 7 heteroatoms. The zero-order valence-corrected chi connectivity index (χ0v) is 21.7. The quantitative estimate of drug-likeness (QED) is 0.226. The number of fused-ring (bicyclic) bond motifs is 4. The summed E-state index contributed by atoms with van der Waals surface area (Å²) in [6, 6.07) is 28.4. The van der Waals surface area contributed by atoms with Crippen LogP contribution in [0.5, 0.6) is 0 Å². The Morgan fingerprint density at radius 2 is 1.64 bits per heavy atom. The number of para-hydroxylation sites is 3. The number of aryl methyl sites for hydroxylation is 1. The minimum Gasteiger partial charge on any atom is -0.449 e. The zero-order chi connectivity index (χ0) is 26.9. The number of esters is 1. The summed E-state index contributed by atoms with van der Waals surface area (Å²) >= 11 is 0. The Morgan fingerprint density at radius 1 is 0.897 bits per heavy atom. The molecule has 4 aromatic carbocycles. The van der Waals surface area contributed by atoms with Gasteiger partial charge in [0.15, 0.2) is 11.7 Å². The Hall–Kier alpha value is -4.91. The van der Waals surface area contributed by atoms with E-state index in [4.69, 9.17) is 9.15 Å². The average Bonchev–Trinajstić information content (AvgIpc) is 3.54. The Balaban J connectivity index is 1.24. The topological polar surface area (TPSA) is 86.4 Å². The van der Waals surface area contributed by atoms with Crippen LogP contribution in [0.25, 0.3) is 44.4 Å². The summed E-state index contributed by atoms with van der Waals surface area (Å²) in [5.74, 6) is -0.680. The van der Waals surface area contributed by atoms with E-state index in [0.29, 0.717) is 34.7 Å². The number of aromatic nitrogens is 2. The SMILES string of the molecule is CCC(OC(=O)c1ccccc1-c1nc2ccccc2o1)C(=O)Nc1ccc2c(c1)c1ccccc1n2CC. The van der Waals surface area contributed by atoms with Crippen molar-refractivity contribution in [2.75, 3.05) is 5.32 Å². The van der Waals surface area contributed by atoms with Gasteiger partial charge in [-0.25, -0.2) is 9.78 Å². The molecule has 6 rings (SSSR count). The van der Waals surface area contributed by atoms with E-state index >= 15 is 0 Å². The molecule has 1 atom stereocenters. The second-order valence-corrected chi connectivity index (χ2v) is 9.32. The van der Waals surface area contributed by atoms with Crippen molar-refractivity contribution in [1.82, 2.24) is 9.55 Å². The standard InChI is InChI=1S/C32H27N3O4/c1-3-28(30(36)33-20-17-18-27-24(19-20)21-11-7-9-15-26(21)35(27)4-2)39-32(37)23-13-6-5-12-22(23)31-34-25-14-8-10-16-29(25)38-31/h5-19,28H,3-4H2,1-2H3,(H,33,36). The molecule has 0 bridgehead atoms. The molecule has 0 aliphatic carbocycles. The third kappa shape index (κ3) is 4.42. The molecular weight excluding hydrogens is 490 g/mol. The van der Waals surface area contributed by atoms with Crippen LogP contribution < -0.4 is 5.32 Å². The summed E-state index contributed by atoms with van der Waals surface area (Å²) in [6.45, 7) is 4.76. The summed E-state index contributed by atoms with van der Waals surface area (Å²) in [7, 11) is 0. The van der Waals surface area contributed by atoms with Gasteiger partial charge in [0.05, 0.1) is 11.1 Å². The molecule has 7 nitrogen and oxygen atoms in total. The monoisotopic (exact) mass is 517 g/mol. The number of rotatable bonds is 7. The predicted molar refractivity (Wildman–Crippen MR) is 153 cm³/mol. The largest absolute Gasteiger partial charge is 0.449 e. The smallest absolute Gasteiger partial charge is 0.339 e. The summed E-state index contributed by atoms with van der Waals surface area (Å²) in [5.41, 5.74) is 5.01. The van der Waals surface area contributed by atoms with Gasteiger partial charge in [0.1, 0.15) is 5.52 Å². The molecule has 6 aromatic rings. The van der Waals surface area contributed by atoms with Gasteiger partial charge < -0.3 is 19.0 Å². The van der Waals surface area contributed by atoms with Gasteiger partial charge >= 0.3 is 5.97 Å². The number of nitrogens with one attached hydrogen (secondary N) is 1. The number of carbonyl (C=O) groups is 2. The van der Waals surface area contributed by atoms with Crippen LogP contribution in [-0.4, -0.2) is 27.5 Å². The normalized spacial score (nSPS) is 12.2. The van der Waals surface area contributed by atoms with Crippen LogP contribution in [-0.2, 0) is 16.1 Å². The van der Waals surface area contributed by atoms with Crippen molar-refractivity contribution in [2.24, 2.45) is 0 Å². The maximum Gasteiger partial charge on any atom is 0.339 e. The lowest BCUT2D eigenvalue weighted by molar-refractivity contribution is -0.124. The first kappa shape index (κ1) is 24.4. The van der Waals surface area contributed by atoms with Crippen LogP contribution in [0.2, 0.25) is 0 Å². The molecule has 0 radical (unpaired) electrons. The molecule has 0 saturated heterocycles. The van der Waals surface area contributed by atoms with E-state index < -0.39 is 12.1 Å². The van der Waals surface area contributed by atoms with E-state index in [0.717, 1.165) is 28.4 Å². The van der Waals surface area contributed by atoms with Gasteiger partial charge in [-0.1, -0.05) is 49.4 Å². The Labute approximate surface area is 225 Å². The molecule has 0 aliphatic heterocycles. The Bertz CT molecular complexity index is 1820. The first-order chi connectivity index (χ1) is 19.1. The van der Waals surface area contributed by atoms with Gasteiger partial charge in [-0.2, -0.15) is 0 Å². The van der Waals surface area contributed by atoms with Crippen LogP contribution in [0, 0.1) is 0 Å². The van der Waals surface area contributed by atoms with Crippen molar-refractivity contribution in [3.8, 4) is 11.5 Å². The molecule has 2 aromatic heterocycles. The second kappa shape index (κ2) is 10.1. The van der Waals surface area contributed by atoms with E-state index in [9.17, 15) is 9.59 Å². The fourth-order valence-electron chi connectivity index (χ4n) is 5.04. The second-order valence-electron chi connectivity index (χ2n) is 9.32.